The van der Waals surface area contributed by atoms with Gasteiger partial charge in [-0.1, -0.05) is 30.7 Å². The zero-order valence-electron chi connectivity index (χ0n) is 14.5. The van der Waals surface area contributed by atoms with Gasteiger partial charge in [0.1, 0.15) is 11.6 Å². The molecule has 0 aliphatic carbocycles. The van der Waals surface area contributed by atoms with Gasteiger partial charge in [0.05, 0.1) is 22.2 Å². The van der Waals surface area contributed by atoms with Gasteiger partial charge in [0.15, 0.2) is 6.10 Å². The summed E-state index contributed by atoms with van der Waals surface area (Å²) in [6, 6.07) is 9.71. The molecule has 144 valence electrons. The minimum absolute atomic E-state index is 0.168. The fourth-order valence-electron chi connectivity index (χ4n) is 2.69. The van der Waals surface area contributed by atoms with Gasteiger partial charge in [-0.05, 0) is 36.8 Å². The Morgan fingerprint density at radius 3 is 2.78 bits per heavy atom. The largest absolute Gasteiger partial charge is 0.476 e. The molecule has 0 fully saturated rings. The van der Waals surface area contributed by atoms with Crippen LogP contribution in [0.4, 0.5) is 10.1 Å². The van der Waals surface area contributed by atoms with Crippen LogP contribution in [0.1, 0.15) is 13.3 Å². The lowest BCUT2D eigenvalue weighted by atomic mass is 10.2. The van der Waals surface area contributed by atoms with E-state index in [1.54, 1.807) is 24.3 Å². The van der Waals surface area contributed by atoms with Crippen LogP contribution in [0, 0.1) is 5.82 Å². The van der Waals surface area contributed by atoms with Gasteiger partial charge in [-0.25, -0.2) is 12.8 Å². The maximum Gasteiger partial charge on any atom is 0.264 e. The summed E-state index contributed by atoms with van der Waals surface area (Å²) in [5.74, 6) is -0.837. The maximum atomic E-state index is 13.4. The average Bonchev–Trinajstić information content (AvgIpc) is 2.67. The van der Waals surface area contributed by atoms with Crippen LogP contribution in [0.25, 0.3) is 0 Å². The smallest absolute Gasteiger partial charge is 0.264 e. The zero-order chi connectivity index (χ0) is 19.6. The van der Waals surface area contributed by atoms with Gasteiger partial charge in [0.25, 0.3) is 15.9 Å². The van der Waals surface area contributed by atoms with Gasteiger partial charge in [0, 0.05) is 6.54 Å². The Hall–Kier alpha value is -2.32. The highest BCUT2D eigenvalue weighted by molar-refractivity contribution is 7.92. The molecule has 6 nitrogen and oxygen atoms in total. The number of hydrogen-bond acceptors (Lipinski definition) is 4. The predicted octanol–water partition coefficient (Wildman–Crippen LogP) is 2.96. The summed E-state index contributed by atoms with van der Waals surface area (Å²) in [6.07, 6.45) is -0.261. The maximum absolute atomic E-state index is 13.4. The van der Waals surface area contributed by atoms with Crippen molar-refractivity contribution in [2.45, 2.75) is 24.3 Å². The van der Waals surface area contributed by atoms with E-state index >= 15 is 0 Å². The third-order valence-electron chi connectivity index (χ3n) is 4.06. The molecule has 1 N–H and O–H groups in total. The molecule has 2 aromatic rings. The monoisotopic (exact) mass is 412 g/mol. The molecule has 1 atom stereocenters. The molecule has 0 bridgehead atoms. The quantitative estimate of drug-likeness (QED) is 0.819. The van der Waals surface area contributed by atoms with Crippen molar-refractivity contribution in [2.75, 3.05) is 17.4 Å². The van der Waals surface area contributed by atoms with Gasteiger partial charge < -0.3 is 10.1 Å². The minimum Gasteiger partial charge on any atom is -0.476 e. The Morgan fingerprint density at radius 2 is 2.07 bits per heavy atom. The third-order valence-corrected chi connectivity index (χ3v) is 6.12. The number of fused-ring (bicyclic) bond motifs is 1. The van der Waals surface area contributed by atoms with Crippen LogP contribution in [0.3, 0.4) is 0 Å². The van der Waals surface area contributed by atoms with Crippen molar-refractivity contribution in [3.8, 4) is 5.75 Å². The van der Waals surface area contributed by atoms with E-state index in [-0.39, 0.29) is 22.2 Å². The molecule has 9 heteroatoms. The average molecular weight is 413 g/mol. The van der Waals surface area contributed by atoms with Crippen molar-refractivity contribution in [1.29, 1.82) is 0 Å². The molecule has 1 heterocycles. The topological polar surface area (TPSA) is 75.7 Å². The lowest BCUT2D eigenvalue weighted by Gasteiger charge is -2.34. The number of rotatable bonds is 5. The molecule has 1 aliphatic heterocycles. The van der Waals surface area contributed by atoms with Crippen molar-refractivity contribution < 1.29 is 22.3 Å². The summed E-state index contributed by atoms with van der Waals surface area (Å²) in [4.78, 5) is 12.2. The lowest BCUT2D eigenvalue weighted by molar-refractivity contribution is -0.127. The molecule has 2 aromatic carbocycles. The highest BCUT2D eigenvalue weighted by atomic mass is 35.5. The van der Waals surface area contributed by atoms with Crippen molar-refractivity contribution in [2.24, 2.45) is 0 Å². The van der Waals surface area contributed by atoms with Crippen LogP contribution in [0.2, 0.25) is 5.02 Å². The molecule has 0 radical (unpaired) electrons. The summed E-state index contributed by atoms with van der Waals surface area (Å²) in [7, 11) is -4.08. The minimum atomic E-state index is -4.08. The molecule has 0 saturated carbocycles. The SMILES string of the molecule is CCCNC(=O)[C@H]1CN(S(=O)(=O)c2ccc(F)c(Cl)c2)c2ccccc2O1. The molecule has 1 aliphatic rings. The van der Waals surface area contributed by atoms with E-state index in [2.05, 4.69) is 5.32 Å². The number of ether oxygens (including phenoxy) is 1. The molecule has 0 unspecified atom stereocenters. The number of hydrogen-bond donors (Lipinski definition) is 1. The second-order valence-corrected chi connectivity index (χ2v) is 8.25. The molecule has 3 rings (SSSR count). The van der Waals surface area contributed by atoms with E-state index in [4.69, 9.17) is 16.3 Å². The van der Waals surface area contributed by atoms with Crippen LogP contribution in [-0.4, -0.2) is 33.5 Å². The first-order valence-electron chi connectivity index (χ1n) is 8.35. The van der Waals surface area contributed by atoms with Gasteiger partial charge in [-0.3, -0.25) is 9.10 Å². The second kappa shape index (κ2) is 7.74. The van der Waals surface area contributed by atoms with Crippen molar-refractivity contribution in [3.05, 3.63) is 53.3 Å². The molecule has 1 amide bonds. The number of benzene rings is 2. The first-order valence-corrected chi connectivity index (χ1v) is 10.2. The number of para-hydroxylation sites is 2. The number of sulfonamides is 1. The number of carbonyl (C=O) groups is 1. The third kappa shape index (κ3) is 3.86. The number of nitrogens with zero attached hydrogens (tertiary/aromatic N) is 1. The zero-order valence-corrected chi connectivity index (χ0v) is 16.1. The van der Waals surface area contributed by atoms with Gasteiger partial charge >= 0.3 is 0 Å². The highest BCUT2D eigenvalue weighted by Crippen LogP contribution is 2.37. The van der Waals surface area contributed by atoms with Crippen LogP contribution in [0.15, 0.2) is 47.4 Å². The Balaban J connectivity index is 2.01. The van der Waals surface area contributed by atoms with Gasteiger partial charge in [0.2, 0.25) is 0 Å². The van der Waals surface area contributed by atoms with Crippen LogP contribution in [-0.2, 0) is 14.8 Å². The van der Waals surface area contributed by atoms with Crippen molar-refractivity contribution >= 4 is 33.2 Å². The summed E-state index contributed by atoms with van der Waals surface area (Å²) in [5.41, 5.74) is 0.303. The Morgan fingerprint density at radius 1 is 1.33 bits per heavy atom. The molecule has 27 heavy (non-hydrogen) atoms. The van der Waals surface area contributed by atoms with E-state index in [0.29, 0.717) is 12.2 Å². The number of halogens is 2. The van der Waals surface area contributed by atoms with Crippen molar-refractivity contribution in [3.63, 3.8) is 0 Å². The Labute approximate surface area is 161 Å². The Kier molecular flexibility index (Phi) is 5.57. The van der Waals surface area contributed by atoms with E-state index in [0.717, 1.165) is 28.9 Å². The van der Waals surface area contributed by atoms with Crippen molar-refractivity contribution in [1.82, 2.24) is 5.32 Å². The van der Waals surface area contributed by atoms with E-state index in [9.17, 15) is 17.6 Å². The fraction of sp³-hybridized carbons (Fsp3) is 0.278. The summed E-state index contributed by atoms with van der Waals surface area (Å²) in [6.45, 7) is 2.16. The summed E-state index contributed by atoms with van der Waals surface area (Å²) in [5, 5.41) is 2.41. The molecular formula is C18H18ClFN2O4S. The van der Waals surface area contributed by atoms with E-state index in [1.165, 1.54) is 0 Å². The molecule has 0 saturated heterocycles. The van der Waals surface area contributed by atoms with Gasteiger partial charge in [-0.2, -0.15) is 0 Å². The standard InChI is InChI=1S/C18H18ClFN2O4S/c1-2-9-21-18(23)17-11-22(15-5-3-4-6-16(15)26-17)27(24,25)12-7-8-14(20)13(19)10-12/h3-8,10,17H,2,9,11H2,1H3,(H,21,23)/t17-/m1/s1. The van der Waals surface area contributed by atoms with Crippen LogP contribution >= 0.6 is 11.6 Å². The first-order chi connectivity index (χ1) is 12.8. The molecular weight excluding hydrogens is 395 g/mol. The lowest BCUT2D eigenvalue weighted by Crippen LogP contribution is -2.50. The predicted molar refractivity (Wildman–Crippen MR) is 100 cm³/mol. The molecule has 0 aromatic heterocycles. The number of nitrogens with one attached hydrogen (secondary N) is 1. The van der Waals surface area contributed by atoms with Crippen LogP contribution < -0.4 is 14.4 Å². The van der Waals surface area contributed by atoms with E-state index < -0.39 is 27.9 Å². The number of anilines is 1. The Bertz CT molecular complexity index is 968. The van der Waals surface area contributed by atoms with Gasteiger partial charge in [-0.15, -0.1) is 0 Å². The number of carbonyl (C=O) groups excluding carboxylic acids is 1. The summed E-state index contributed by atoms with van der Waals surface area (Å²) >= 11 is 5.75. The summed E-state index contributed by atoms with van der Waals surface area (Å²) < 4.78 is 46.5. The molecule has 0 spiro atoms. The van der Waals surface area contributed by atoms with Crippen LogP contribution in [0.5, 0.6) is 5.75 Å². The first kappa shape index (κ1) is 19.4. The number of amides is 1. The van der Waals surface area contributed by atoms with E-state index in [1.807, 2.05) is 6.92 Å². The second-order valence-electron chi connectivity index (χ2n) is 5.98. The normalized spacial score (nSPS) is 16.4. The highest BCUT2D eigenvalue weighted by Gasteiger charge is 2.37. The fourth-order valence-corrected chi connectivity index (χ4v) is 4.44.